The number of methoxy groups -OCH3 is 1. The van der Waals surface area contributed by atoms with E-state index in [-0.39, 0.29) is 0 Å². The van der Waals surface area contributed by atoms with E-state index in [9.17, 15) is 0 Å². The summed E-state index contributed by atoms with van der Waals surface area (Å²) in [7, 11) is 1.65. The molecule has 134 valence electrons. The van der Waals surface area contributed by atoms with Gasteiger partial charge in [0.15, 0.2) is 0 Å². The minimum Gasteiger partial charge on any atom is -0.497 e. The van der Waals surface area contributed by atoms with Crippen LogP contribution in [0.2, 0.25) is 5.02 Å². The van der Waals surface area contributed by atoms with Crippen molar-refractivity contribution in [2.24, 2.45) is 0 Å². The molecule has 1 heterocycles. The first-order chi connectivity index (χ1) is 12.6. The number of aryl methyl sites for hydroxylation is 1. The minimum atomic E-state index is 0.601. The monoisotopic (exact) mass is 368 g/mol. The second kappa shape index (κ2) is 8.54. The number of nitrogens with one attached hydrogen (secondary N) is 2. The fraction of sp³-hybridized carbons (Fsp3) is 0.200. The Morgan fingerprint density at radius 2 is 1.85 bits per heavy atom. The SMILES string of the molecule is COc1cccc(Nc2cc(C)nc(NCCc3ccc(Cl)cc3)n2)c1. The number of hydrogen-bond donors (Lipinski definition) is 2. The Morgan fingerprint density at radius 1 is 1.04 bits per heavy atom. The number of rotatable bonds is 7. The molecule has 0 amide bonds. The third kappa shape index (κ3) is 5.10. The van der Waals surface area contributed by atoms with E-state index in [0.717, 1.165) is 40.9 Å². The van der Waals surface area contributed by atoms with Crippen molar-refractivity contribution in [3.05, 3.63) is 70.9 Å². The molecule has 0 saturated heterocycles. The molecular formula is C20H21ClN4O. The van der Waals surface area contributed by atoms with Gasteiger partial charge in [-0.05, 0) is 43.2 Å². The first-order valence-corrected chi connectivity index (χ1v) is 8.75. The van der Waals surface area contributed by atoms with Gasteiger partial charge in [-0.3, -0.25) is 0 Å². The Kier molecular flexibility index (Phi) is 5.92. The summed E-state index contributed by atoms with van der Waals surface area (Å²) >= 11 is 5.91. The molecule has 6 heteroatoms. The topological polar surface area (TPSA) is 59.1 Å². The maximum absolute atomic E-state index is 5.91. The van der Waals surface area contributed by atoms with Crippen LogP contribution in [0.3, 0.4) is 0 Å². The standard InChI is InChI=1S/C20H21ClN4O/c1-14-12-19(24-17-4-3-5-18(13-17)26-2)25-20(23-14)22-11-10-15-6-8-16(21)9-7-15/h3-9,12-13H,10-11H2,1-2H3,(H2,22,23,24,25). The molecular weight excluding hydrogens is 348 g/mol. The molecule has 0 aliphatic carbocycles. The van der Waals surface area contributed by atoms with Crippen molar-refractivity contribution in [1.82, 2.24) is 9.97 Å². The molecule has 1 aromatic heterocycles. The summed E-state index contributed by atoms with van der Waals surface area (Å²) in [6, 6.07) is 17.5. The van der Waals surface area contributed by atoms with Crippen LogP contribution in [0, 0.1) is 6.92 Å². The molecule has 0 saturated carbocycles. The first-order valence-electron chi connectivity index (χ1n) is 8.37. The maximum atomic E-state index is 5.91. The quantitative estimate of drug-likeness (QED) is 0.624. The Labute approximate surface area is 158 Å². The summed E-state index contributed by atoms with van der Waals surface area (Å²) in [6.45, 7) is 2.69. The molecule has 5 nitrogen and oxygen atoms in total. The van der Waals surface area contributed by atoms with E-state index in [1.807, 2.05) is 61.5 Å². The van der Waals surface area contributed by atoms with E-state index < -0.39 is 0 Å². The Bertz CT molecular complexity index is 868. The summed E-state index contributed by atoms with van der Waals surface area (Å²) in [5, 5.41) is 7.31. The number of hydrogen-bond acceptors (Lipinski definition) is 5. The zero-order chi connectivity index (χ0) is 18.4. The second-order valence-corrected chi connectivity index (χ2v) is 6.31. The van der Waals surface area contributed by atoms with Crippen LogP contribution in [0.4, 0.5) is 17.5 Å². The lowest BCUT2D eigenvalue weighted by Gasteiger charge is -2.11. The summed E-state index contributed by atoms with van der Waals surface area (Å²) in [5.74, 6) is 2.13. The van der Waals surface area contributed by atoms with Gasteiger partial charge < -0.3 is 15.4 Å². The highest BCUT2D eigenvalue weighted by molar-refractivity contribution is 6.30. The van der Waals surface area contributed by atoms with E-state index in [1.54, 1.807) is 7.11 Å². The smallest absolute Gasteiger partial charge is 0.224 e. The van der Waals surface area contributed by atoms with Gasteiger partial charge in [0.05, 0.1) is 7.11 Å². The van der Waals surface area contributed by atoms with Crippen molar-refractivity contribution in [3.63, 3.8) is 0 Å². The lowest BCUT2D eigenvalue weighted by molar-refractivity contribution is 0.415. The van der Waals surface area contributed by atoms with Crippen molar-refractivity contribution < 1.29 is 4.74 Å². The molecule has 0 fully saturated rings. The van der Waals surface area contributed by atoms with Crippen LogP contribution in [0.15, 0.2) is 54.6 Å². The number of halogens is 1. The molecule has 0 unspecified atom stereocenters. The van der Waals surface area contributed by atoms with E-state index >= 15 is 0 Å². The number of aromatic nitrogens is 2. The predicted molar refractivity (Wildman–Crippen MR) is 107 cm³/mol. The van der Waals surface area contributed by atoms with E-state index in [2.05, 4.69) is 20.6 Å². The summed E-state index contributed by atoms with van der Waals surface area (Å²) in [5.41, 5.74) is 3.01. The van der Waals surface area contributed by atoms with Gasteiger partial charge in [-0.1, -0.05) is 29.8 Å². The third-order valence-corrected chi connectivity index (χ3v) is 4.06. The van der Waals surface area contributed by atoms with E-state index in [0.29, 0.717) is 5.95 Å². The zero-order valence-corrected chi connectivity index (χ0v) is 15.5. The number of ether oxygens (including phenoxy) is 1. The molecule has 0 aliphatic heterocycles. The predicted octanol–water partition coefficient (Wildman–Crippen LogP) is 4.85. The largest absolute Gasteiger partial charge is 0.497 e. The summed E-state index contributed by atoms with van der Waals surface area (Å²) < 4.78 is 5.25. The Hall–Kier alpha value is -2.79. The average Bonchev–Trinajstić information content (AvgIpc) is 2.63. The molecule has 0 spiro atoms. The van der Waals surface area contributed by atoms with Crippen LogP contribution in [-0.4, -0.2) is 23.6 Å². The molecule has 2 N–H and O–H groups in total. The highest BCUT2D eigenvalue weighted by Crippen LogP contribution is 2.21. The van der Waals surface area contributed by atoms with Crippen LogP contribution < -0.4 is 15.4 Å². The van der Waals surface area contributed by atoms with Crippen LogP contribution in [0.1, 0.15) is 11.3 Å². The lowest BCUT2D eigenvalue weighted by atomic mass is 10.1. The van der Waals surface area contributed by atoms with Gasteiger partial charge in [0.1, 0.15) is 11.6 Å². The van der Waals surface area contributed by atoms with Crippen LogP contribution >= 0.6 is 11.6 Å². The fourth-order valence-electron chi connectivity index (χ4n) is 2.53. The van der Waals surface area contributed by atoms with Gasteiger partial charge >= 0.3 is 0 Å². The summed E-state index contributed by atoms with van der Waals surface area (Å²) in [4.78, 5) is 8.98. The van der Waals surface area contributed by atoms with E-state index in [1.165, 1.54) is 5.56 Å². The fourth-order valence-corrected chi connectivity index (χ4v) is 2.66. The molecule has 26 heavy (non-hydrogen) atoms. The second-order valence-electron chi connectivity index (χ2n) is 5.88. The van der Waals surface area contributed by atoms with Crippen LogP contribution in [0.5, 0.6) is 5.75 Å². The van der Waals surface area contributed by atoms with E-state index in [4.69, 9.17) is 16.3 Å². The molecule has 0 aliphatic rings. The van der Waals surface area contributed by atoms with Gasteiger partial charge in [0.2, 0.25) is 5.95 Å². The van der Waals surface area contributed by atoms with Crippen molar-refractivity contribution in [2.45, 2.75) is 13.3 Å². The van der Waals surface area contributed by atoms with Crippen molar-refractivity contribution >= 4 is 29.1 Å². The molecule has 0 radical (unpaired) electrons. The van der Waals surface area contributed by atoms with Crippen molar-refractivity contribution in [3.8, 4) is 5.75 Å². The highest BCUT2D eigenvalue weighted by atomic mass is 35.5. The van der Waals surface area contributed by atoms with Crippen molar-refractivity contribution in [1.29, 1.82) is 0 Å². The normalized spacial score (nSPS) is 10.4. The minimum absolute atomic E-state index is 0.601. The van der Waals surface area contributed by atoms with Crippen LogP contribution in [-0.2, 0) is 6.42 Å². The average molecular weight is 369 g/mol. The molecule has 0 atom stereocenters. The van der Waals surface area contributed by atoms with Crippen molar-refractivity contribution in [2.75, 3.05) is 24.3 Å². The maximum Gasteiger partial charge on any atom is 0.224 e. The molecule has 3 rings (SSSR count). The zero-order valence-electron chi connectivity index (χ0n) is 14.8. The molecule has 0 bridgehead atoms. The number of benzene rings is 2. The Balaban J connectivity index is 1.64. The third-order valence-electron chi connectivity index (χ3n) is 3.81. The van der Waals surface area contributed by atoms with Crippen LogP contribution in [0.25, 0.3) is 0 Å². The first kappa shape index (κ1) is 18.0. The Morgan fingerprint density at radius 3 is 2.62 bits per heavy atom. The van der Waals surface area contributed by atoms with Gasteiger partial charge in [0.25, 0.3) is 0 Å². The summed E-state index contributed by atoms with van der Waals surface area (Å²) in [6.07, 6.45) is 0.868. The van der Waals surface area contributed by atoms with Gasteiger partial charge in [-0.25, -0.2) is 4.98 Å². The van der Waals surface area contributed by atoms with Gasteiger partial charge in [-0.2, -0.15) is 4.98 Å². The van der Waals surface area contributed by atoms with Gasteiger partial charge in [0, 0.05) is 35.1 Å². The number of nitrogens with zero attached hydrogens (tertiary/aromatic N) is 2. The highest BCUT2D eigenvalue weighted by Gasteiger charge is 2.04. The number of anilines is 3. The molecule has 2 aromatic carbocycles. The van der Waals surface area contributed by atoms with Gasteiger partial charge in [-0.15, -0.1) is 0 Å². The molecule has 3 aromatic rings. The lowest BCUT2D eigenvalue weighted by Crippen LogP contribution is -2.09.